The van der Waals surface area contributed by atoms with Gasteiger partial charge in [-0.3, -0.25) is 0 Å². The topological polar surface area (TPSA) is 64.1 Å². The van der Waals surface area contributed by atoms with Gasteiger partial charge in [0.15, 0.2) is 5.58 Å². The smallest absolute Gasteiger partial charge is 0.295 e. The lowest BCUT2D eigenvalue weighted by Crippen LogP contribution is -2.32. The van der Waals surface area contributed by atoms with Crippen molar-refractivity contribution in [1.82, 2.24) is 4.98 Å². The van der Waals surface area contributed by atoms with E-state index in [1.165, 1.54) is 0 Å². The van der Waals surface area contributed by atoms with Crippen LogP contribution in [0.3, 0.4) is 0 Å². The summed E-state index contributed by atoms with van der Waals surface area (Å²) in [4.78, 5) is 4.41. The first-order chi connectivity index (χ1) is 9.12. The Bertz CT molecular complexity index is 540. The van der Waals surface area contributed by atoms with E-state index in [0.29, 0.717) is 11.7 Å². The number of oxazole rings is 1. The minimum Gasteiger partial charge on any atom is -0.424 e. The first-order valence-electron chi connectivity index (χ1n) is 6.57. The molecule has 0 spiro atoms. The van der Waals surface area contributed by atoms with E-state index in [2.05, 4.69) is 30.4 Å². The Balaban J connectivity index is 2.13. The zero-order valence-electron chi connectivity index (χ0n) is 11.7. The summed E-state index contributed by atoms with van der Waals surface area (Å²) in [5.41, 5.74) is 8.00. The molecule has 1 heterocycles. The highest BCUT2D eigenvalue weighted by Crippen LogP contribution is 2.31. The molecule has 0 bridgehead atoms. The normalized spacial score (nSPS) is 11.9. The molecule has 0 amide bonds. The van der Waals surface area contributed by atoms with Gasteiger partial charge in [0, 0.05) is 17.0 Å². The zero-order valence-corrected chi connectivity index (χ0v) is 12.5. The quantitative estimate of drug-likeness (QED) is 0.789. The van der Waals surface area contributed by atoms with Crippen molar-refractivity contribution in [2.45, 2.75) is 31.4 Å². The van der Waals surface area contributed by atoms with Crippen molar-refractivity contribution in [3.8, 4) is 0 Å². The van der Waals surface area contributed by atoms with Crippen LogP contribution in [-0.2, 0) is 0 Å². The van der Waals surface area contributed by atoms with Crippen LogP contribution in [0.5, 0.6) is 0 Å². The van der Waals surface area contributed by atoms with Gasteiger partial charge in [0.1, 0.15) is 5.52 Å². The Morgan fingerprint density at radius 1 is 1.37 bits per heavy atom. The molecule has 0 aliphatic heterocycles. The molecule has 1 aromatic carbocycles. The number of nitrogen functional groups attached to an aromatic ring is 1. The van der Waals surface area contributed by atoms with Gasteiger partial charge in [-0.05, 0) is 37.3 Å². The SMILES string of the molecule is CCC(CC)(CNc1nc2cc(N)ccc2o1)SC. The molecule has 0 saturated heterocycles. The van der Waals surface area contributed by atoms with E-state index in [1.54, 1.807) is 0 Å². The summed E-state index contributed by atoms with van der Waals surface area (Å²) in [6.45, 7) is 5.28. The van der Waals surface area contributed by atoms with Crippen LogP contribution >= 0.6 is 11.8 Å². The van der Waals surface area contributed by atoms with Gasteiger partial charge < -0.3 is 15.5 Å². The van der Waals surface area contributed by atoms with Crippen LogP contribution in [0.15, 0.2) is 22.6 Å². The minimum atomic E-state index is 0.236. The van der Waals surface area contributed by atoms with E-state index < -0.39 is 0 Å². The molecule has 0 aliphatic carbocycles. The van der Waals surface area contributed by atoms with Gasteiger partial charge in [0.25, 0.3) is 6.01 Å². The van der Waals surface area contributed by atoms with E-state index in [4.69, 9.17) is 10.2 Å². The summed E-state index contributed by atoms with van der Waals surface area (Å²) in [5, 5.41) is 3.31. The van der Waals surface area contributed by atoms with E-state index in [1.807, 2.05) is 30.0 Å². The highest BCUT2D eigenvalue weighted by molar-refractivity contribution is 8.00. The van der Waals surface area contributed by atoms with Crippen molar-refractivity contribution in [1.29, 1.82) is 0 Å². The second-order valence-corrected chi connectivity index (χ2v) is 5.97. The number of hydrogen-bond acceptors (Lipinski definition) is 5. The molecule has 0 saturated carbocycles. The molecule has 0 fully saturated rings. The van der Waals surface area contributed by atoms with Crippen LogP contribution in [0.4, 0.5) is 11.7 Å². The van der Waals surface area contributed by atoms with Crippen molar-refractivity contribution < 1.29 is 4.42 Å². The van der Waals surface area contributed by atoms with Crippen LogP contribution in [0.1, 0.15) is 26.7 Å². The molecule has 0 atom stereocenters. The number of anilines is 2. The van der Waals surface area contributed by atoms with Gasteiger partial charge in [0.2, 0.25) is 0 Å². The standard InChI is InChI=1S/C14H21N3OS/c1-4-14(5-2,19-3)9-16-13-17-11-8-10(15)6-7-12(11)18-13/h6-8H,4-5,9,15H2,1-3H3,(H,16,17). The van der Waals surface area contributed by atoms with Gasteiger partial charge in [-0.15, -0.1) is 0 Å². The molecular formula is C14H21N3OS. The number of fused-ring (bicyclic) bond motifs is 1. The van der Waals surface area contributed by atoms with Gasteiger partial charge in [-0.25, -0.2) is 0 Å². The first-order valence-corrected chi connectivity index (χ1v) is 7.80. The Labute approximate surface area is 118 Å². The maximum absolute atomic E-state index is 5.74. The second-order valence-electron chi connectivity index (χ2n) is 4.69. The Hall–Kier alpha value is -1.36. The maximum Gasteiger partial charge on any atom is 0.295 e. The third kappa shape index (κ3) is 2.97. The molecule has 5 heteroatoms. The van der Waals surface area contributed by atoms with Gasteiger partial charge in [0.05, 0.1) is 0 Å². The molecule has 3 N–H and O–H groups in total. The van der Waals surface area contributed by atoms with Crippen LogP contribution in [0.2, 0.25) is 0 Å². The van der Waals surface area contributed by atoms with Crippen molar-refractivity contribution in [3.05, 3.63) is 18.2 Å². The lowest BCUT2D eigenvalue weighted by atomic mass is 10.0. The number of rotatable bonds is 6. The molecule has 1 aromatic heterocycles. The fourth-order valence-electron chi connectivity index (χ4n) is 2.12. The summed E-state index contributed by atoms with van der Waals surface area (Å²) >= 11 is 1.89. The molecule has 2 aromatic rings. The number of thioether (sulfide) groups is 1. The second kappa shape index (κ2) is 5.74. The Morgan fingerprint density at radius 2 is 2.11 bits per heavy atom. The van der Waals surface area contributed by atoms with Crippen molar-refractivity contribution in [2.24, 2.45) is 0 Å². The lowest BCUT2D eigenvalue weighted by molar-refractivity contribution is 0.553. The van der Waals surface area contributed by atoms with E-state index in [9.17, 15) is 0 Å². The lowest BCUT2D eigenvalue weighted by Gasteiger charge is -2.29. The molecular weight excluding hydrogens is 258 g/mol. The number of benzene rings is 1. The number of aromatic nitrogens is 1. The number of nitrogens with zero attached hydrogens (tertiary/aromatic N) is 1. The molecule has 104 valence electrons. The predicted octanol–water partition coefficient (Wildman–Crippen LogP) is 3.74. The summed E-state index contributed by atoms with van der Waals surface area (Å²) in [6.07, 6.45) is 4.39. The van der Waals surface area contributed by atoms with E-state index >= 15 is 0 Å². The highest BCUT2D eigenvalue weighted by Gasteiger charge is 2.25. The van der Waals surface area contributed by atoms with Gasteiger partial charge in [-0.2, -0.15) is 16.7 Å². The fraction of sp³-hybridized carbons (Fsp3) is 0.500. The zero-order chi connectivity index (χ0) is 13.9. The summed E-state index contributed by atoms with van der Waals surface area (Å²) in [7, 11) is 0. The first kappa shape index (κ1) is 14.1. The monoisotopic (exact) mass is 279 g/mol. The third-order valence-electron chi connectivity index (χ3n) is 3.70. The van der Waals surface area contributed by atoms with Crippen molar-refractivity contribution >= 4 is 34.6 Å². The van der Waals surface area contributed by atoms with Crippen molar-refractivity contribution in [3.63, 3.8) is 0 Å². The van der Waals surface area contributed by atoms with Crippen LogP contribution < -0.4 is 11.1 Å². The summed E-state index contributed by atoms with van der Waals surface area (Å²) in [5.74, 6) is 0. The van der Waals surface area contributed by atoms with Gasteiger partial charge in [-0.1, -0.05) is 13.8 Å². The third-order valence-corrected chi connectivity index (χ3v) is 5.28. The molecule has 2 rings (SSSR count). The average Bonchev–Trinajstić information content (AvgIpc) is 2.83. The Morgan fingerprint density at radius 3 is 2.74 bits per heavy atom. The minimum absolute atomic E-state index is 0.236. The maximum atomic E-state index is 5.74. The fourth-order valence-corrected chi connectivity index (χ4v) is 2.91. The van der Waals surface area contributed by atoms with Crippen LogP contribution in [0.25, 0.3) is 11.1 Å². The van der Waals surface area contributed by atoms with Gasteiger partial charge >= 0.3 is 0 Å². The molecule has 0 unspecified atom stereocenters. The highest BCUT2D eigenvalue weighted by atomic mass is 32.2. The number of hydrogen-bond donors (Lipinski definition) is 2. The molecule has 0 radical (unpaired) electrons. The molecule has 0 aliphatic rings. The Kier molecular flexibility index (Phi) is 4.24. The number of nitrogens with two attached hydrogens (primary N) is 1. The molecule has 4 nitrogen and oxygen atoms in total. The largest absolute Gasteiger partial charge is 0.424 e. The van der Waals surface area contributed by atoms with Crippen LogP contribution in [-0.4, -0.2) is 22.5 Å². The van der Waals surface area contributed by atoms with E-state index in [0.717, 1.165) is 30.5 Å². The summed E-state index contributed by atoms with van der Waals surface area (Å²) in [6, 6.07) is 6.07. The van der Waals surface area contributed by atoms with Crippen LogP contribution in [0, 0.1) is 0 Å². The van der Waals surface area contributed by atoms with E-state index in [-0.39, 0.29) is 4.75 Å². The molecule has 19 heavy (non-hydrogen) atoms. The predicted molar refractivity (Wildman–Crippen MR) is 83.7 cm³/mol. The number of nitrogens with one attached hydrogen (secondary N) is 1. The summed E-state index contributed by atoms with van der Waals surface area (Å²) < 4.78 is 5.90. The van der Waals surface area contributed by atoms with Crippen molar-refractivity contribution in [2.75, 3.05) is 23.9 Å². The average molecular weight is 279 g/mol.